The van der Waals surface area contributed by atoms with Gasteiger partial charge >= 0.3 is 5.97 Å². The molecule has 32 heavy (non-hydrogen) atoms. The van der Waals surface area contributed by atoms with Gasteiger partial charge in [0.1, 0.15) is 11.4 Å². The van der Waals surface area contributed by atoms with Crippen molar-refractivity contribution in [3.05, 3.63) is 94.6 Å². The van der Waals surface area contributed by atoms with Crippen LogP contribution in [0.25, 0.3) is 5.57 Å². The Kier molecular flexibility index (Phi) is 4.87. The highest BCUT2D eigenvalue weighted by molar-refractivity contribution is 6.08. The maximum atomic E-state index is 13.3. The molecule has 6 nitrogen and oxygen atoms in total. The van der Waals surface area contributed by atoms with E-state index in [0.29, 0.717) is 33.9 Å². The lowest BCUT2D eigenvalue weighted by molar-refractivity contribution is -0.140. The summed E-state index contributed by atoms with van der Waals surface area (Å²) < 4.78 is 21.8. The van der Waals surface area contributed by atoms with Crippen LogP contribution in [0.1, 0.15) is 29.2 Å². The van der Waals surface area contributed by atoms with Crippen LogP contribution in [-0.4, -0.2) is 31.6 Å². The standard InChI is InChI=1S/C26H22O6/c1-3-30-25(27)24-23(16-11-12-21-22(13-16)32-15-31-21)19-9-4-5-10-20(19)26(24,28)17-7-6-8-18(14-17)29-2/h4-14,28H,3,15H2,1-2H3. The van der Waals surface area contributed by atoms with E-state index in [2.05, 4.69) is 0 Å². The Hall–Kier alpha value is -3.77. The molecule has 0 aromatic heterocycles. The number of ether oxygens (including phenoxy) is 4. The van der Waals surface area contributed by atoms with Crippen LogP contribution in [0.4, 0.5) is 0 Å². The average molecular weight is 430 g/mol. The van der Waals surface area contributed by atoms with Gasteiger partial charge in [0, 0.05) is 11.1 Å². The van der Waals surface area contributed by atoms with Gasteiger partial charge in [0.15, 0.2) is 11.5 Å². The fourth-order valence-corrected chi connectivity index (χ4v) is 4.42. The molecule has 0 fully saturated rings. The zero-order valence-electron chi connectivity index (χ0n) is 17.8. The zero-order valence-corrected chi connectivity index (χ0v) is 17.8. The fourth-order valence-electron chi connectivity index (χ4n) is 4.42. The van der Waals surface area contributed by atoms with Gasteiger partial charge in [-0.3, -0.25) is 0 Å². The molecule has 1 heterocycles. The lowest BCUT2D eigenvalue weighted by Crippen LogP contribution is -2.32. The smallest absolute Gasteiger partial charge is 0.338 e. The first kappa shape index (κ1) is 20.2. The summed E-state index contributed by atoms with van der Waals surface area (Å²) in [7, 11) is 1.56. The van der Waals surface area contributed by atoms with Crippen molar-refractivity contribution in [1.29, 1.82) is 0 Å². The molecule has 2 aliphatic rings. The molecule has 3 aromatic rings. The van der Waals surface area contributed by atoms with Crippen molar-refractivity contribution in [2.24, 2.45) is 0 Å². The van der Waals surface area contributed by atoms with E-state index < -0.39 is 11.6 Å². The van der Waals surface area contributed by atoms with Gasteiger partial charge in [-0.2, -0.15) is 0 Å². The molecule has 1 N–H and O–H groups in total. The Morgan fingerprint density at radius 2 is 1.84 bits per heavy atom. The predicted molar refractivity (Wildman–Crippen MR) is 118 cm³/mol. The summed E-state index contributed by atoms with van der Waals surface area (Å²) in [6.45, 7) is 2.07. The second kappa shape index (κ2) is 7.73. The molecule has 1 aliphatic heterocycles. The Morgan fingerprint density at radius 1 is 1.03 bits per heavy atom. The van der Waals surface area contributed by atoms with E-state index in [4.69, 9.17) is 18.9 Å². The molecule has 1 aliphatic carbocycles. The summed E-state index contributed by atoms with van der Waals surface area (Å²) in [6, 6.07) is 20.0. The van der Waals surface area contributed by atoms with Crippen LogP contribution in [0.5, 0.6) is 17.2 Å². The van der Waals surface area contributed by atoms with Crippen LogP contribution in [-0.2, 0) is 15.1 Å². The van der Waals surface area contributed by atoms with Crippen molar-refractivity contribution >= 4 is 11.5 Å². The molecule has 6 heteroatoms. The molecule has 0 radical (unpaired) electrons. The minimum absolute atomic E-state index is 0.146. The number of hydrogen-bond acceptors (Lipinski definition) is 6. The quantitative estimate of drug-likeness (QED) is 0.616. The third-order valence-electron chi connectivity index (χ3n) is 5.83. The number of esters is 1. The molecular weight excluding hydrogens is 408 g/mol. The van der Waals surface area contributed by atoms with Gasteiger partial charge in [0.2, 0.25) is 6.79 Å². The molecule has 162 valence electrons. The Labute approximate surface area is 185 Å². The van der Waals surface area contributed by atoms with E-state index in [0.717, 1.165) is 11.1 Å². The van der Waals surface area contributed by atoms with Crippen molar-refractivity contribution in [3.8, 4) is 17.2 Å². The third-order valence-corrected chi connectivity index (χ3v) is 5.83. The number of fused-ring (bicyclic) bond motifs is 2. The topological polar surface area (TPSA) is 74.2 Å². The minimum Gasteiger partial charge on any atom is -0.497 e. The summed E-state index contributed by atoms with van der Waals surface area (Å²) in [5.74, 6) is 1.23. The maximum absolute atomic E-state index is 13.3. The highest BCUT2D eigenvalue weighted by Gasteiger charge is 2.49. The molecular formula is C26H22O6. The summed E-state index contributed by atoms with van der Waals surface area (Å²) >= 11 is 0. The van der Waals surface area contributed by atoms with Gasteiger partial charge in [0.05, 0.1) is 19.3 Å². The van der Waals surface area contributed by atoms with Gasteiger partial charge in [-0.05, 0) is 47.9 Å². The zero-order chi connectivity index (χ0) is 22.3. The summed E-state index contributed by atoms with van der Waals surface area (Å²) in [6.07, 6.45) is 0. The van der Waals surface area contributed by atoms with Crippen LogP contribution < -0.4 is 14.2 Å². The largest absolute Gasteiger partial charge is 0.497 e. The lowest BCUT2D eigenvalue weighted by atomic mass is 9.83. The lowest BCUT2D eigenvalue weighted by Gasteiger charge is -2.28. The van der Waals surface area contributed by atoms with Crippen LogP contribution in [0, 0.1) is 0 Å². The van der Waals surface area contributed by atoms with Crippen LogP contribution in [0.3, 0.4) is 0 Å². The molecule has 0 bridgehead atoms. The summed E-state index contributed by atoms with van der Waals surface area (Å²) in [5, 5.41) is 12.2. The van der Waals surface area contributed by atoms with E-state index in [1.54, 1.807) is 44.4 Å². The third kappa shape index (κ3) is 2.95. The van der Waals surface area contributed by atoms with Crippen molar-refractivity contribution in [2.75, 3.05) is 20.5 Å². The van der Waals surface area contributed by atoms with Gasteiger partial charge < -0.3 is 24.1 Å². The second-order valence-electron chi connectivity index (χ2n) is 7.53. The first-order valence-electron chi connectivity index (χ1n) is 10.4. The summed E-state index contributed by atoms with van der Waals surface area (Å²) in [5.41, 5.74) is 1.63. The first-order valence-corrected chi connectivity index (χ1v) is 10.4. The SMILES string of the molecule is CCOC(=O)C1=C(c2ccc3c(c2)OCO3)c2ccccc2C1(O)c1cccc(OC)c1. The van der Waals surface area contributed by atoms with Crippen LogP contribution in [0.15, 0.2) is 72.3 Å². The van der Waals surface area contributed by atoms with Crippen molar-refractivity contribution in [1.82, 2.24) is 0 Å². The molecule has 0 amide bonds. The molecule has 3 aromatic carbocycles. The molecule has 0 spiro atoms. The number of benzene rings is 3. The first-order chi connectivity index (χ1) is 15.6. The normalized spacial score (nSPS) is 18.5. The minimum atomic E-state index is -1.72. The summed E-state index contributed by atoms with van der Waals surface area (Å²) in [4.78, 5) is 13.3. The Bertz CT molecular complexity index is 1240. The van der Waals surface area contributed by atoms with Crippen LogP contribution in [0.2, 0.25) is 0 Å². The van der Waals surface area contributed by atoms with Crippen molar-refractivity contribution in [2.45, 2.75) is 12.5 Å². The van der Waals surface area contributed by atoms with Crippen molar-refractivity contribution < 1.29 is 28.8 Å². The molecule has 0 saturated carbocycles. The number of carbonyl (C=O) groups excluding carboxylic acids is 1. The van der Waals surface area contributed by atoms with Gasteiger partial charge in [-0.1, -0.05) is 42.5 Å². The molecule has 5 rings (SSSR count). The van der Waals surface area contributed by atoms with E-state index >= 15 is 0 Å². The number of aliphatic hydroxyl groups is 1. The van der Waals surface area contributed by atoms with Crippen molar-refractivity contribution in [3.63, 3.8) is 0 Å². The van der Waals surface area contributed by atoms with E-state index in [-0.39, 0.29) is 19.0 Å². The van der Waals surface area contributed by atoms with E-state index in [1.807, 2.05) is 36.4 Å². The fraction of sp³-hybridized carbons (Fsp3) is 0.192. The highest BCUT2D eigenvalue weighted by atomic mass is 16.7. The highest BCUT2D eigenvalue weighted by Crippen LogP contribution is 2.52. The monoisotopic (exact) mass is 430 g/mol. The van der Waals surface area contributed by atoms with E-state index in [1.165, 1.54) is 0 Å². The molecule has 1 unspecified atom stereocenters. The number of carbonyl (C=O) groups is 1. The average Bonchev–Trinajstić information content (AvgIpc) is 3.40. The predicted octanol–water partition coefficient (Wildman–Crippen LogP) is 4.04. The molecule has 0 saturated heterocycles. The Morgan fingerprint density at radius 3 is 2.66 bits per heavy atom. The van der Waals surface area contributed by atoms with Gasteiger partial charge in [-0.15, -0.1) is 0 Å². The molecule has 1 atom stereocenters. The number of hydrogen-bond donors (Lipinski definition) is 1. The second-order valence-corrected chi connectivity index (χ2v) is 7.53. The maximum Gasteiger partial charge on any atom is 0.338 e. The van der Waals surface area contributed by atoms with Gasteiger partial charge in [-0.25, -0.2) is 4.79 Å². The number of methoxy groups -OCH3 is 1. The number of rotatable bonds is 5. The Balaban J connectivity index is 1.82. The van der Waals surface area contributed by atoms with E-state index in [9.17, 15) is 9.90 Å². The van der Waals surface area contributed by atoms with Gasteiger partial charge in [0.25, 0.3) is 0 Å². The van der Waals surface area contributed by atoms with Crippen LogP contribution >= 0.6 is 0 Å².